The molecule has 2 heterocycles. The van der Waals surface area contributed by atoms with E-state index in [1.807, 2.05) is 0 Å². The van der Waals surface area contributed by atoms with E-state index in [1.165, 1.54) is 6.07 Å². The summed E-state index contributed by atoms with van der Waals surface area (Å²) < 4.78 is 24.3. The number of hydrogen-bond acceptors (Lipinski definition) is 3. The molecular formula is C11H8FNO2. The van der Waals surface area contributed by atoms with E-state index < -0.39 is 0 Å². The Morgan fingerprint density at radius 3 is 3.07 bits per heavy atom. The fourth-order valence-corrected chi connectivity index (χ4v) is 1.70. The zero-order valence-electron chi connectivity index (χ0n) is 7.87. The summed E-state index contributed by atoms with van der Waals surface area (Å²) in [5.41, 5.74) is 0.521. The molecule has 3 nitrogen and oxygen atoms in total. The molecule has 76 valence electrons. The Labute approximate surface area is 85.4 Å². The average molecular weight is 205 g/mol. The van der Waals surface area contributed by atoms with Crippen LogP contribution in [0.4, 0.5) is 4.39 Å². The van der Waals surface area contributed by atoms with E-state index in [0.29, 0.717) is 35.6 Å². The monoisotopic (exact) mass is 205 g/mol. The van der Waals surface area contributed by atoms with Crippen LogP contribution >= 0.6 is 0 Å². The van der Waals surface area contributed by atoms with Gasteiger partial charge in [-0.3, -0.25) is 4.98 Å². The van der Waals surface area contributed by atoms with Crippen LogP contribution in [-0.4, -0.2) is 18.2 Å². The molecule has 0 N–H and O–H groups in total. The zero-order chi connectivity index (χ0) is 10.3. The number of aromatic nitrogens is 1. The predicted molar refractivity (Wildman–Crippen MR) is 52.7 cm³/mol. The lowest BCUT2D eigenvalue weighted by atomic mass is 10.1. The minimum Gasteiger partial charge on any atom is -0.486 e. The first-order chi connectivity index (χ1) is 7.36. The third-order valence-corrected chi connectivity index (χ3v) is 2.35. The summed E-state index contributed by atoms with van der Waals surface area (Å²) in [6.45, 7) is 0.926. The fraction of sp³-hybridized carbons (Fsp3) is 0.182. The molecule has 1 aromatic carbocycles. The first-order valence-corrected chi connectivity index (χ1v) is 4.69. The van der Waals surface area contributed by atoms with E-state index in [2.05, 4.69) is 4.98 Å². The van der Waals surface area contributed by atoms with Gasteiger partial charge in [0.2, 0.25) is 0 Å². The molecule has 0 atom stereocenters. The molecule has 1 aromatic heterocycles. The van der Waals surface area contributed by atoms with E-state index >= 15 is 0 Å². The van der Waals surface area contributed by atoms with Gasteiger partial charge in [-0.2, -0.15) is 0 Å². The van der Waals surface area contributed by atoms with Crippen LogP contribution in [0.3, 0.4) is 0 Å². The fourth-order valence-electron chi connectivity index (χ4n) is 1.70. The van der Waals surface area contributed by atoms with Crippen LogP contribution in [0.25, 0.3) is 10.9 Å². The lowest BCUT2D eigenvalue weighted by Crippen LogP contribution is -2.16. The molecular weight excluding hydrogens is 197 g/mol. The molecule has 0 radical (unpaired) electrons. The van der Waals surface area contributed by atoms with Crippen molar-refractivity contribution in [2.75, 3.05) is 13.2 Å². The molecule has 0 amide bonds. The van der Waals surface area contributed by atoms with Crippen molar-refractivity contribution in [1.29, 1.82) is 0 Å². The molecule has 0 spiro atoms. The molecule has 0 saturated heterocycles. The number of rotatable bonds is 0. The molecule has 1 aliphatic heterocycles. The van der Waals surface area contributed by atoms with Crippen LogP contribution in [0, 0.1) is 5.82 Å². The minimum absolute atomic E-state index is 0.331. The molecule has 2 aromatic rings. The average Bonchev–Trinajstić information content (AvgIpc) is 2.30. The normalized spacial score (nSPS) is 14.2. The van der Waals surface area contributed by atoms with Crippen LogP contribution in [0.5, 0.6) is 11.5 Å². The van der Waals surface area contributed by atoms with Gasteiger partial charge in [-0.1, -0.05) is 0 Å². The van der Waals surface area contributed by atoms with Crippen LogP contribution in [0.2, 0.25) is 0 Å². The van der Waals surface area contributed by atoms with Gasteiger partial charge in [-0.25, -0.2) is 4.39 Å². The van der Waals surface area contributed by atoms with Crippen molar-refractivity contribution in [3.8, 4) is 11.5 Å². The second-order valence-corrected chi connectivity index (χ2v) is 3.28. The largest absolute Gasteiger partial charge is 0.486 e. The molecule has 4 heteroatoms. The summed E-state index contributed by atoms with van der Waals surface area (Å²) in [4.78, 5) is 4.11. The van der Waals surface area contributed by atoms with Crippen molar-refractivity contribution < 1.29 is 13.9 Å². The van der Waals surface area contributed by atoms with Crippen molar-refractivity contribution in [3.63, 3.8) is 0 Å². The second kappa shape index (κ2) is 3.08. The maximum atomic E-state index is 13.6. The van der Waals surface area contributed by atoms with Crippen LogP contribution in [0.1, 0.15) is 0 Å². The summed E-state index contributed by atoms with van der Waals surface area (Å²) >= 11 is 0. The first kappa shape index (κ1) is 8.47. The molecule has 15 heavy (non-hydrogen) atoms. The van der Waals surface area contributed by atoms with E-state index in [1.54, 1.807) is 18.3 Å². The third kappa shape index (κ3) is 1.21. The summed E-state index contributed by atoms with van der Waals surface area (Å²) in [6.07, 6.45) is 1.61. The van der Waals surface area contributed by atoms with Crippen molar-refractivity contribution in [2.24, 2.45) is 0 Å². The van der Waals surface area contributed by atoms with E-state index in [-0.39, 0.29) is 5.82 Å². The van der Waals surface area contributed by atoms with Gasteiger partial charge in [0.15, 0.2) is 11.5 Å². The van der Waals surface area contributed by atoms with Gasteiger partial charge in [-0.15, -0.1) is 0 Å². The number of halogens is 1. The maximum Gasteiger partial charge on any atom is 0.187 e. The van der Waals surface area contributed by atoms with Crippen LogP contribution in [0.15, 0.2) is 24.4 Å². The zero-order valence-corrected chi connectivity index (χ0v) is 7.87. The molecule has 3 rings (SSSR count). The Hall–Kier alpha value is -1.84. The van der Waals surface area contributed by atoms with Gasteiger partial charge in [-0.05, 0) is 12.1 Å². The predicted octanol–water partition coefficient (Wildman–Crippen LogP) is 2.15. The Kier molecular flexibility index (Phi) is 1.74. The number of nitrogens with zero attached hydrogens (tertiary/aromatic N) is 1. The molecule has 0 aliphatic carbocycles. The van der Waals surface area contributed by atoms with Crippen LogP contribution < -0.4 is 9.47 Å². The van der Waals surface area contributed by atoms with Crippen molar-refractivity contribution in [3.05, 3.63) is 30.2 Å². The quantitative estimate of drug-likeness (QED) is 0.660. The lowest BCUT2D eigenvalue weighted by molar-refractivity contribution is 0.173. The van der Waals surface area contributed by atoms with Crippen molar-refractivity contribution in [1.82, 2.24) is 4.98 Å². The molecule has 0 unspecified atom stereocenters. The lowest BCUT2D eigenvalue weighted by Gasteiger charge is -2.19. The van der Waals surface area contributed by atoms with E-state index in [4.69, 9.17) is 9.47 Å². The number of ether oxygens (including phenoxy) is 2. The summed E-state index contributed by atoms with van der Waals surface area (Å²) in [5, 5.41) is 0.460. The summed E-state index contributed by atoms with van der Waals surface area (Å²) in [6, 6.07) is 4.72. The highest BCUT2D eigenvalue weighted by atomic mass is 19.1. The Balaban J connectivity index is 2.39. The van der Waals surface area contributed by atoms with Gasteiger partial charge < -0.3 is 9.47 Å². The van der Waals surface area contributed by atoms with E-state index in [9.17, 15) is 4.39 Å². The number of fused-ring (bicyclic) bond motifs is 3. The third-order valence-electron chi connectivity index (χ3n) is 2.35. The number of benzene rings is 1. The molecule has 1 aliphatic rings. The molecule has 0 bridgehead atoms. The van der Waals surface area contributed by atoms with Gasteiger partial charge in [0.25, 0.3) is 0 Å². The Morgan fingerprint density at radius 1 is 1.27 bits per heavy atom. The number of hydrogen-bond donors (Lipinski definition) is 0. The van der Waals surface area contributed by atoms with Crippen molar-refractivity contribution in [2.45, 2.75) is 0 Å². The van der Waals surface area contributed by atoms with Crippen LogP contribution in [-0.2, 0) is 0 Å². The Bertz CT molecular complexity index is 527. The smallest absolute Gasteiger partial charge is 0.187 e. The highest BCUT2D eigenvalue weighted by molar-refractivity contribution is 5.87. The first-order valence-electron chi connectivity index (χ1n) is 4.69. The summed E-state index contributed by atoms with van der Waals surface area (Å²) in [7, 11) is 0. The maximum absolute atomic E-state index is 13.6. The van der Waals surface area contributed by atoms with Gasteiger partial charge in [0.05, 0.1) is 0 Å². The topological polar surface area (TPSA) is 31.4 Å². The molecule has 0 saturated carbocycles. The second-order valence-electron chi connectivity index (χ2n) is 3.28. The Morgan fingerprint density at radius 2 is 2.13 bits per heavy atom. The van der Waals surface area contributed by atoms with Gasteiger partial charge >= 0.3 is 0 Å². The number of pyridine rings is 1. The standard InChI is InChI=1S/C11H8FNO2/c12-8-6-9-11(15-5-4-14-9)10-7(8)2-1-3-13-10/h1-3,6H,4-5H2. The summed E-state index contributed by atoms with van der Waals surface area (Å²) in [5.74, 6) is 0.644. The van der Waals surface area contributed by atoms with E-state index in [0.717, 1.165) is 0 Å². The molecule has 0 fully saturated rings. The highest BCUT2D eigenvalue weighted by Gasteiger charge is 2.18. The SMILES string of the molecule is Fc1cc2c(c3ncccc13)OCCO2. The van der Waals surface area contributed by atoms with Crippen molar-refractivity contribution >= 4 is 10.9 Å². The highest BCUT2D eigenvalue weighted by Crippen LogP contribution is 2.37. The van der Waals surface area contributed by atoms with Gasteiger partial charge in [0.1, 0.15) is 24.5 Å². The van der Waals surface area contributed by atoms with Gasteiger partial charge in [0, 0.05) is 17.6 Å². The minimum atomic E-state index is -0.331.